The Labute approximate surface area is 156 Å². The number of nitrogens with zero attached hydrogens (tertiary/aromatic N) is 1. The summed E-state index contributed by atoms with van der Waals surface area (Å²) in [6, 6.07) is 9.39. The maximum absolute atomic E-state index is 12.3. The molecular formula is C17H20N2O5S2. The highest BCUT2D eigenvalue weighted by molar-refractivity contribution is 7.94. The van der Waals surface area contributed by atoms with Gasteiger partial charge in [-0.1, -0.05) is 6.07 Å². The molecule has 0 aliphatic rings. The summed E-state index contributed by atoms with van der Waals surface area (Å²) in [7, 11) is -0.642. The van der Waals surface area contributed by atoms with Crippen LogP contribution in [0.25, 0.3) is 0 Å². The van der Waals surface area contributed by atoms with E-state index in [4.69, 9.17) is 0 Å². The molecule has 7 nitrogen and oxygen atoms in total. The van der Waals surface area contributed by atoms with E-state index in [0.717, 1.165) is 11.3 Å². The fourth-order valence-corrected chi connectivity index (χ4v) is 4.24. The van der Waals surface area contributed by atoms with Crippen LogP contribution in [-0.2, 0) is 19.6 Å². The number of ether oxygens (including phenoxy) is 1. The van der Waals surface area contributed by atoms with Crippen LogP contribution in [0.15, 0.2) is 46.0 Å². The molecule has 1 aromatic heterocycles. The number of thiophene rings is 1. The number of hydrogen-bond donors (Lipinski definition) is 1. The lowest BCUT2D eigenvalue weighted by molar-refractivity contribution is -0.140. The van der Waals surface area contributed by atoms with Gasteiger partial charge in [0.05, 0.1) is 7.11 Å². The third-order valence-corrected chi connectivity index (χ3v) is 6.37. The van der Waals surface area contributed by atoms with Crippen molar-refractivity contribution < 1.29 is 22.7 Å². The number of methoxy groups -OCH3 is 1. The minimum Gasteiger partial charge on any atom is -0.469 e. The minimum atomic E-state index is -3.61. The maximum Gasteiger partial charge on any atom is 0.305 e. The molecule has 0 saturated carbocycles. The summed E-state index contributed by atoms with van der Waals surface area (Å²) >= 11 is 1.13. The molecule has 2 rings (SSSR count). The first kappa shape index (κ1) is 19.9. The number of carbonyl (C=O) groups excluding carboxylic acids is 2. The van der Waals surface area contributed by atoms with E-state index < -0.39 is 10.0 Å². The molecule has 0 spiro atoms. The zero-order chi connectivity index (χ0) is 19.2. The third-order valence-electron chi connectivity index (χ3n) is 3.59. The lowest BCUT2D eigenvalue weighted by Gasteiger charge is -2.17. The second-order valence-electron chi connectivity index (χ2n) is 5.52. The Morgan fingerprint density at radius 2 is 1.88 bits per heavy atom. The van der Waals surface area contributed by atoms with Gasteiger partial charge in [-0.05, 0) is 42.1 Å². The van der Waals surface area contributed by atoms with E-state index in [-0.39, 0.29) is 22.5 Å². The molecule has 0 fully saturated rings. The van der Waals surface area contributed by atoms with E-state index in [0.29, 0.717) is 24.2 Å². The van der Waals surface area contributed by atoms with E-state index in [1.807, 2.05) is 0 Å². The molecule has 0 atom stereocenters. The topological polar surface area (TPSA) is 92.8 Å². The zero-order valence-corrected chi connectivity index (χ0v) is 16.1. The molecule has 0 unspecified atom stereocenters. The quantitative estimate of drug-likeness (QED) is 0.692. The molecule has 140 valence electrons. The first-order valence-electron chi connectivity index (χ1n) is 7.82. The number of nitrogens with one attached hydrogen (secondary N) is 1. The molecule has 2 aromatic rings. The summed E-state index contributed by atoms with van der Waals surface area (Å²) in [5.74, 6) is -0.518. The van der Waals surface area contributed by atoms with Crippen molar-refractivity contribution in [2.45, 2.75) is 17.1 Å². The number of anilines is 1. The predicted molar refractivity (Wildman–Crippen MR) is 99.8 cm³/mol. The average molecular weight is 396 g/mol. The van der Waals surface area contributed by atoms with Gasteiger partial charge in [-0.25, -0.2) is 8.42 Å². The van der Waals surface area contributed by atoms with Crippen molar-refractivity contribution >= 4 is 38.9 Å². The van der Waals surface area contributed by atoms with Crippen LogP contribution in [0.3, 0.4) is 0 Å². The fraction of sp³-hybridized carbons (Fsp3) is 0.294. The van der Waals surface area contributed by atoms with Gasteiger partial charge in [0.15, 0.2) is 0 Å². The van der Waals surface area contributed by atoms with Gasteiger partial charge in [0, 0.05) is 31.3 Å². The van der Waals surface area contributed by atoms with Crippen molar-refractivity contribution in [2.75, 3.05) is 25.4 Å². The van der Waals surface area contributed by atoms with Crippen LogP contribution in [0.5, 0.6) is 0 Å². The molecule has 0 aliphatic carbocycles. The van der Waals surface area contributed by atoms with E-state index in [9.17, 15) is 18.0 Å². The largest absolute Gasteiger partial charge is 0.469 e. The maximum atomic E-state index is 12.3. The normalized spacial score (nSPS) is 11.0. The molecular weight excluding hydrogens is 376 g/mol. The molecule has 26 heavy (non-hydrogen) atoms. The van der Waals surface area contributed by atoms with Crippen molar-refractivity contribution in [3.05, 3.63) is 47.3 Å². The summed E-state index contributed by atoms with van der Waals surface area (Å²) in [4.78, 5) is 24.9. The summed E-state index contributed by atoms with van der Waals surface area (Å²) in [6.45, 7) is 0.417. The summed E-state index contributed by atoms with van der Waals surface area (Å²) in [5.41, 5.74) is 0.813. The predicted octanol–water partition coefficient (Wildman–Crippen LogP) is 2.57. The Hall–Kier alpha value is -2.39. The molecule has 1 amide bonds. The summed E-state index contributed by atoms with van der Waals surface area (Å²) < 4.78 is 31.6. The van der Waals surface area contributed by atoms with Crippen LogP contribution in [0.4, 0.5) is 5.69 Å². The van der Waals surface area contributed by atoms with Crippen molar-refractivity contribution in [2.24, 2.45) is 0 Å². The lowest BCUT2D eigenvalue weighted by Crippen LogP contribution is -2.28. The summed E-state index contributed by atoms with van der Waals surface area (Å²) in [5, 5.41) is 1.69. The van der Waals surface area contributed by atoms with Gasteiger partial charge < -0.3 is 9.64 Å². The Morgan fingerprint density at radius 1 is 1.19 bits per heavy atom. The molecule has 1 aromatic carbocycles. The molecule has 0 saturated heterocycles. The van der Waals surface area contributed by atoms with Crippen molar-refractivity contribution in [3.63, 3.8) is 0 Å². The van der Waals surface area contributed by atoms with Crippen LogP contribution >= 0.6 is 11.3 Å². The third kappa shape index (κ3) is 5.30. The van der Waals surface area contributed by atoms with Crippen LogP contribution < -0.4 is 4.72 Å². The number of esters is 1. The van der Waals surface area contributed by atoms with E-state index >= 15 is 0 Å². The van der Waals surface area contributed by atoms with Crippen LogP contribution in [0.2, 0.25) is 0 Å². The number of benzene rings is 1. The van der Waals surface area contributed by atoms with Gasteiger partial charge in [0.25, 0.3) is 15.9 Å². The molecule has 1 N–H and O–H groups in total. The van der Waals surface area contributed by atoms with Crippen LogP contribution in [0.1, 0.15) is 23.2 Å². The molecule has 0 aliphatic heterocycles. The van der Waals surface area contributed by atoms with E-state index in [1.165, 1.54) is 18.1 Å². The number of carbonyl (C=O) groups is 2. The van der Waals surface area contributed by atoms with Crippen molar-refractivity contribution in [1.29, 1.82) is 0 Å². The Kier molecular flexibility index (Phi) is 6.76. The summed E-state index contributed by atoms with van der Waals surface area (Å²) in [6.07, 6.45) is 0.755. The second-order valence-corrected chi connectivity index (χ2v) is 8.38. The monoisotopic (exact) mass is 396 g/mol. The highest BCUT2D eigenvalue weighted by atomic mass is 32.2. The highest BCUT2D eigenvalue weighted by Gasteiger charge is 2.16. The number of hydrogen-bond acceptors (Lipinski definition) is 6. The fourth-order valence-electron chi connectivity index (χ4n) is 2.19. The Balaban J connectivity index is 1.96. The van der Waals surface area contributed by atoms with Gasteiger partial charge in [-0.3, -0.25) is 14.3 Å². The molecule has 0 radical (unpaired) electrons. The number of sulfonamides is 1. The van der Waals surface area contributed by atoms with Crippen LogP contribution in [-0.4, -0.2) is 45.9 Å². The highest BCUT2D eigenvalue weighted by Crippen LogP contribution is 2.20. The molecule has 9 heteroatoms. The van der Waals surface area contributed by atoms with Crippen molar-refractivity contribution in [3.8, 4) is 0 Å². The van der Waals surface area contributed by atoms with Crippen molar-refractivity contribution in [1.82, 2.24) is 4.90 Å². The van der Waals surface area contributed by atoms with Gasteiger partial charge in [-0.2, -0.15) is 0 Å². The first-order valence-corrected chi connectivity index (χ1v) is 10.2. The zero-order valence-electron chi connectivity index (χ0n) is 14.5. The van der Waals surface area contributed by atoms with E-state index in [1.54, 1.807) is 42.8 Å². The molecule has 0 bridgehead atoms. The first-order chi connectivity index (χ1) is 12.3. The van der Waals surface area contributed by atoms with E-state index in [2.05, 4.69) is 9.46 Å². The Bertz CT molecular complexity index is 846. The van der Waals surface area contributed by atoms with Gasteiger partial charge >= 0.3 is 5.97 Å². The smallest absolute Gasteiger partial charge is 0.305 e. The minimum absolute atomic E-state index is 0.206. The number of rotatable bonds is 8. The van der Waals surface area contributed by atoms with Gasteiger partial charge in [0.2, 0.25) is 0 Å². The van der Waals surface area contributed by atoms with Gasteiger partial charge in [0.1, 0.15) is 4.21 Å². The van der Waals surface area contributed by atoms with Gasteiger partial charge in [-0.15, -0.1) is 11.3 Å². The standard InChI is InChI=1S/C17H20N2O5S2/c1-19(11-3-5-15(20)24-2)17(21)13-7-9-14(10-8-13)18-26(22,23)16-6-4-12-25-16/h4,6-10,12,18H,3,5,11H2,1-2H3. The lowest BCUT2D eigenvalue weighted by atomic mass is 10.2. The van der Waals surface area contributed by atoms with Crippen LogP contribution in [0, 0.1) is 0 Å². The molecule has 1 heterocycles. The second kappa shape index (κ2) is 8.81. The average Bonchev–Trinajstić information content (AvgIpc) is 3.17. The number of amides is 1. The Morgan fingerprint density at radius 3 is 2.46 bits per heavy atom. The SMILES string of the molecule is COC(=O)CCCN(C)C(=O)c1ccc(NS(=O)(=O)c2cccs2)cc1.